The first-order chi connectivity index (χ1) is 9.11. The van der Waals surface area contributed by atoms with Crippen LogP contribution in [0.25, 0.3) is 5.65 Å². The third-order valence-corrected chi connectivity index (χ3v) is 3.11. The molecule has 19 heavy (non-hydrogen) atoms. The molecule has 0 radical (unpaired) electrons. The van der Waals surface area contributed by atoms with Crippen molar-refractivity contribution < 1.29 is 0 Å². The molecule has 0 bridgehead atoms. The highest BCUT2D eigenvalue weighted by atomic mass is 16.1. The van der Waals surface area contributed by atoms with E-state index in [4.69, 9.17) is 0 Å². The summed E-state index contributed by atoms with van der Waals surface area (Å²) in [6.07, 6.45) is 1.76. The Kier molecular flexibility index (Phi) is 4.29. The van der Waals surface area contributed by atoms with Crippen LogP contribution in [0.3, 0.4) is 0 Å². The van der Waals surface area contributed by atoms with Crippen LogP contribution in [0.4, 0.5) is 0 Å². The second-order valence-corrected chi connectivity index (χ2v) is 4.81. The van der Waals surface area contributed by atoms with Crippen LogP contribution in [-0.2, 0) is 6.54 Å². The summed E-state index contributed by atoms with van der Waals surface area (Å²) in [6, 6.07) is 5.45. The van der Waals surface area contributed by atoms with Gasteiger partial charge in [-0.3, -0.25) is 14.1 Å². The highest BCUT2D eigenvalue weighted by Crippen LogP contribution is 2.06. The van der Waals surface area contributed by atoms with Crippen molar-refractivity contribution in [3.05, 3.63) is 46.0 Å². The van der Waals surface area contributed by atoms with Crippen molar-refractivity contribution in [2.75, 3.05) is 27.2 Å². The molecule has 0 saturated heterocycles. The van der Waals surface area contributed by atoms with Gasteiger partial charge in [0, 0.05) is 31.9 Å². The van der Waals surface area contributed by atoms with Crippen LogP contribution in [-0.4, -0.2) is 41.5 Å². The summed E-state index contributed by atoms with van der Waals surface area (Å²) in [4.78, 5) is 18.8. The number of nitrogens with one attached hydrogen (secondary N) is 1. The SMILES string of the molecule is CNCCN(C)Cc1cc(=O)n2cccc(C)c2n1. The van der Waals surface area contributed by atoms with Gasteiger partial charge in [0.1, 0.15) is 5.65 Å². The van der Waals surface area contributed by atoms with Gasteiger partial charge in [0.2, 0.25) is 0 Å². The minimum atomic E-state index is -0.0225. The van der Waals surface area contributed by atoms with E-state index in [-0.39, 0.29) is 5.56 Å². The number of aryl methyl sites for hydroxylation is 1. The third kappa shape index (κ3) is 3.19. The maximum absolute atomic E-state index is 12.0. The fourth-order valence-electron chi connectivity index (χ4n) is 2.05. The van der Waals surface area contributed by atoms with E-state index in [1.807, 2.05) is 33.2 Å². The first-order valence-corrected chi connectivity index (χ1v) is 6.43. The number of hydrogen-bond donors (Lipinski definition) is 1. The first-order valence-electron chi connectivity index (χ1n) is 6.43. The largest absolute Gasteiger partial charge is 0.318 e. The molecule has 0 aliphatic heterocycles. The number of likely N-dealkylation sites (N-methyl/N-ethyl adjacent to an activating group) is 2. The maximum atomic E-state index is 12.0. The summed E-state index contributed by atoms with van der Waals surface area (Å²) in [5.41, 5.74) is 2.55. The van der Waals surface area contributed by atoms with E-state index in [2.05, 4.69) is 15.2 Å². The molecule has 5 heteroatoms. The van der Waals surface area contributed by atoms with Crippen molar-refractivity contribution in [3.63, 3.8) is 0 Å². The predicted octanol–water partition coefficient (Wildman–Crippen LogP) is 0.654. The second-order valence-electron chi connectivity index (χ2n) is 4.81. The fourth-order valence-corrected chi connectivity index (χ4v) is 2.05. The van der Waals surface area contributed by atoms with Gasteiger partial charge >= 0.3 is 0 Å². The van der Waals surface area contributed by atoms with Gasteiger partial charge in [-0.15, -0.1) is 0 Å². The Morgan fingerprint density at radius 1 is 1.47 bits per heavy atom. The van der Waals surface area contributed by atoms with Crippen LogP contribution in [0.1, 0.15) is 11.3 Å². The van der Waals surface area contributed by atoms with Crippen molar-refractivity contribution in [2.24, 2.45) is 0 Å². The van der Waals surface area contributed by atoms with E-state index in [9.17, 15) is 4.79 Å². The molecule has 102 valence electrons. The smallest absolute Gasteiger partial charge is 0.258 e. The molecule has 2 aromatic rings. The lowest BCUT2D eigenvalue weighted by Crippen LogP contribution is -2.28. The zero-order chi connectivity index (χ0) is 13.8. The average molecular weight is 260 g/mol. The van der Waals surface area contributed by atoms with Crippen molar-refractivity contribution in [1.82, 2.24) is 19.6 Å². The number of aromatic nitrogens is 2. The van der Waals surface area contributed by atoms with Crippen LogP contribution in [0.5, 0.6) is 0 Å². The van der Waals surface area contributed by atoms with E-state index < -0.39 is 0 Å². The van der Waals surface area contributed by atoms with Gasteiger partial charge in [-0.1, -0.05) is 6.07 Å². The van der Waals surface area contributed by atoms with Crippen LogP contribution >= 0.6 is 0 Å². The molecule has 0 atom stereocenters. The van der Waals surface area contributed by atoms with E-state index in [1.54, 1.807) is 16.7 Å². The van der Waals surface area contributed by atoms with Crippen LogP contribution in [0.15, 0.2) is 29.2 Å². The molecule has 0 saturated carbocycles. The molecule has 2 aromatic heterocycles. The summed E-state index contributed by atoms with van der Waals surface area (Å²) in [6.45, 7) is 4.49. The molecule has 0 fully saturated rings. The van der Waals surface area contributed by atoms with Crippen LogP contribution in [0, 0.1) is 6.92 Å². The molecule has 5 nitrogen and oxygen atoms in total. The molecular formula is C14H20N4O. The Hall–Kier alpha value is -1.72. The summed E-state index contributed by atoms with van der Waals surface area (Å²) in [7, 11) is 3.95. The summed E-state index contributed by atoms with van der Waals surface area (Å²) in [5, 5.41) is 3.11. The Labute approximate surface area is 112 Å². The summed E-state index contributed by atoms with van der Waals surface area (Å²) < 4.78 is 1.59. The molecule has 1 N–H and O–H groups in total. The molecule has 0 spiro atoms. The monoisotopic (exact) mass is 260 g/mol. The molecule has 0 aliphatic carbocycles. The van der Waals surface area contributed by atoms with Crippen molar-refractivity contribution in [3.8, 4) is 0 Å². The Morgan fingerprint density at radius 2 is 2.26 bits per heavy atom. The molecule has 0 aromatic carbocycles. The summed E-state index contributed by atoms with van der Waals surface area (Å²) in [5.74, 6) is 0. The number of nitrogens with zero attached hydrogens (tertiary/aromatic N) is 3. The minimum Gasteiger partial charge on any atom is -0.318 e. The zero-order valence-corrected chi connectivity index (χ0v) is 11.7. The van der Waals surface area contributed by atoms with Gasteiger partial charge in [0.05, 0.1) is 5.69 Å². The molecule has 0 aliphatic rings. The minimum absolute atomic E-state index is 0.0225. The number of fused-ring (bicyclic) bond motifs is 1. The summed E-state index contributed by atoms with van der Waals surface area (Å²) >= 11 is 0. The lowest BCUT2D eigenvalue weighted by atomic mass is 10.3. The predicted molar refractivity (Wildman–Crippen MR) is 76.5 cm³/mol. The molecule has 0 unspecified atom stereocenters. The standard InChI is InChI=1S/C14H20N4O/c1-11-5-4-7-18-13(19)9-12(16-14(11)18)10-17(3)8-6-15-2/h4-5,7,9,15H,6,8,10H2,1-3H3. The highest BCUT2D eigenvalue weighted by Gasteiger charge is 2.06. The maximum Gasteiger partial charge on any atom is 0.258 e. The Balaban J connectivity index is 2.30. The van der Waals surface area contributed by atoms with Gasteiger partial charge in [0.15, 0.2) is 0 Å². The number of rotatable bonds is 5. The number of pyridine rings is 1. The fraction of sp³-hybridized carbons (Fsp3) is 0.429. The topological polar surface area (TPSA) is 49.6 Å². The first kappa shape index (κ1) is 13.7. The van der Waals surface area contributed by atoms with E-state index >= 15 is 0 Å². The Morgan fingerprint density at radius 3 is 3.00 bits per heavy atom. The van der Waals surface area contributed by atoms with Crippen LogP contribution in [0.2, 0.25) is 0 Å². The number of hydrogen-bond acceptors (Lipinski definition) is 4. The van der Waals surface area contributed by atoms with Crippen molar-refractivity contribution in [2.45, 2.75) is 13.5 Å². The highest BCUT2D eigenvalue weighted by molar-refractivity contribution is 5.46. The quantitative estimate of drug-likeness (QED) is 0.858. The van der Waals surface area contributed by atoms with Crippen molar-refractivity contribution >= 4 is 5.65 Å². The van der Waals surface area contributed by atoms with Gasteiger partial charge in [0.25, 0.3) is 5.56 Å². The van der Waals surface area contributed by atoms with Gasteiger partial charge in [-0.25, -0.2) is 4.98 Å². The second kappa shape index (κ2) is 5.95. The average Bonchev–Trinajstić information content (AvgIpc) is 2.38. The normalized spacial score (nSPS) is 11.4. The lowest BCUT2D eigenvalue weighted by molar-refractivity contribution is 0.324. The third-order valence-electron chi connectivity index (χ3n) is 3.11. The van der Waals surface area contributed by atoms with E-state index in [1.165, 1.54) is 0 Å². The molecule has 0 amide bonds. The molecule has 2 heterocycles. The Bertz CT molecular complexity index is 620. The molecular weight excluding hydrogens is 240 g/mol. The van der Waals surface area contributed by atoms with Gasteiger partial charge < -0.3 is 5.32 Å². The van der Waals surface area contributed by atoms with E-state index in [0.29, 0.717) is 6.54 Å². The zero-order valence-electron chi connectivity index (χ0n) is 11.7. The van der Waals surface area contributed by atoms with Crippen LogP contribution < -0.4 is 10.9 Å². The van der Waals surface area contributed by atoms with Gasteiger partial charge in [-0.05, 0) is 32.6 Å². The molecule has 2 rings (SSSR count). The van der Waals surface area contributed by atoms with E-state index in [0.717, 1.165) is 30.0 Å². The van der Waals surface area contributed by atoms with Gasteiger partial charge in [-0.2, -0.15) is 0 Å². The lowest BCUT2D eigenvalue weighted by Gasteiger charge is -2.16. The van der Waals surface area contributed by atoms with Crippen molar-refractivity contribution in [1.29, 1.82) is 0 Å².